The molecule has 0 atom stereocenters. The van der Waals surface area contributed by atoms with Gasteiger partial charge in [-0.1, -0.05) is 30.3 Å². The van der Waals surface area contributed by atoms with Gasteiger partial charge in [0, 0.05) is 42.1 Å². The van der Waals surface area contributed by atoms with E-state index in [0.29, 0.717) is 48.2 Å². The molecule has 6 rings (SSSR count). The first-order chi connectivity index (χ1) is 18.3. The first kappa shape index (κ1) is 23.9. The van der Waals surface area contributed by atoms with E-state index in [1.165, 1.54) is 12.1 Å². The molecule has 8 heteroatoms. The van der Waals surface area contributed by atoms with Crippen LogP contribution in [-0.2, 0) is 6.61 Å². The molecule has 0 saturated heterocycles. The molecule has 0 amide bonds. The summed E-state index contributed by atoms with van der Waals surface area (Å²) >= 11 is 0. The largest absolute Gasteiger partial charge is 0.489 e. The van der Waals surface area contributed by atoms with Gasteiger partial charge in [-0.05, 0) is 49.6 Å². The Labute approximate surface area is 219 Å². The monoisotopic (exact) mass is 510 g/mol. The van der Waals surface area contributed by atoms with Crippen molar-refractivity contribution in [3.8, 4) is 28.5 Å². The maximum atomic E-state index is 14.3. The van der Waals surface area contributed by atoms with E-state index in [4.69, 9.17) is 20.2 Å². The van der Waals surface area contributed by atoms with E-state index >= 15 is 0 Å². The Bertz CT molecular complexity index is 1590. The molecule has 0 radical (unpaired) electrons. The predicted molar refractivity (Wildman–Crippen MR) is 143 cm³/mol. The van der Waals surface area contributed by atoms with Crippen LogP contribution in [0.1, 0.15) is 37.1 Å². The number of aliphatic hydroxyl groups is 1. The standard InChI is InChI=1S/C30H27FN4O3/c1-30(36)16-21(17-30)29-34-26(27-28(32)33-11-12-35(27)29)20-7-9-23(10-8-20)38-25-14-22(31)13-24(15-25)37-18-19-5-3-2-4-6-19/h2-15,21,36H,16-18H2,1H3,(H2,32,33). The molecule has 3 N–H and O–H groups in total. The van der Waals surface area contributed by atoms with Crippen molar-refractivity contribution in [2.24, 2.45) is 0 Å². The summed E-state index contributed by atoms with van der Waals surface area (Å²) in [6, 6.07) is 21.4. The van der Waals surface area contributed by atoms with E-state index in [9.17, 15) is 9.50 Å². The van der Waals surface area contributed by atoms with Crippen LogP contribution >= 0.6 is 0 Å². The van der Waals surface area contributed by atoms with E-state index in [-0.39, 0.29) is 5.92 Å². The molecule has 0 aliphatic heterocycles. The maximum absolute atomic E-state index is 14.3. The van der Waals surface area contributed by atoms with Crippen LogP contribution in [0.25, 0.3) is 16.8 Å². The fourth-order valence-corrected chi connectivity index (χ4v) is 5.00. The predicted octanol–water partition coefficient (Wildman–Crippen LogP) is 6.12. The smallest absolute Gasteiger partial charge is 0.150 e. The molecule has 1 fully saturated rings. The summed E-state index contributed by atoms with van der Waals surface area (Å²) < 4.78 is 27.9. The van der Waals surface area contributed by atoms with Crippen LogP contribution in [0.4, 0.5) is 10.2 Å². The highest BCUT2D eigenvalue weighted by Gasteiger charge is 2.41. The molecular weight excluding hydrogens is 483 g/mol. The molecule has 192 valence electrons. The van der Waals surface area contributed by atoms with Crippen LogP contribution in [-0.4, -0.2) is 25.1 Å². The molecule has 1 saturated carbocycles. The van der Waals surface area contributed by atoms with Gasteiger partial charge in [0.25, 0.3) is 0 Å². The fraction of sp³-hybridized carbons (Fsp3) is 0.200. The molecule has 2 aromatic heterocycles. The van der Waals surface area contributed by atoms with Gasteiger partial charge >= 0.3 is 0 Å². The number of nitrogen functional groups attached to an aromatic ring is 1. The van der Waals surface area contributed by atoms with Gasteiger partial charge in [-0.3, -0.25) is 4.40 Å². The van der Waals surface area contributed by atoms with Crippen LogP contribution in [0.2, 0.25) is 0 Å². The number of hydrogen-bond donors (Lipinski definition) is 2. The molecule has 1 aliphatic carbocycles. The number of hydrogen-bond acceptors (Lipinski definition) is 6. The summed E-state index contributed by atoms with van der Waals surface area (Å²) in [4.78, 5) is 9.17. The molecule has 5 aromatic rings. The SMILES string of the molecule is CC1(O)CC(c2nc(-c3ccc(Oc4cc(F)cc(OCc5ccccc5)c4)cc3)c3c(N)nccn23)C1. The topological polar surface area (TPSA) is 94.9 Å². The molecule has 3 aromatic carbocycles. The zero-order valence-corrected chi connectivity index (χ0v) is 20.8. The van der Waals surface area contributed by atoms with Crippen molar-refractivity contribution in [2.45, 2.75) is 37.9 Å². The maximum Gasteiger partial charge on any atom is 0.150 e. The lowest BCUT2D eigenvalue weighted by Gasteiger charge is -2.40. The van der Waals surface area contributed by atoms with E-state index < -0.39 is 11.4 Å². The van der Waals surface area contributed by atoms with Gasteiger partial charge in [-0.2, -0.15) is 0 Å². The number of benzene rings is 3. The third-order valence-electron chi connectivity index (χ3n) is 6.80. The first-order valence-electron chi connectivity index (χ1n) is 12.5. The van der Waals surface area contributed by atoms with Crippen molar-refractivity contribution in [2.75, 3.05) is 5.73 Å². The van der Waals surface area contributed by atoms with Crippen LogP contribution in [0.3, 0.4) is 0 Å². The zero-order chi connectivity index (χ0) is 26.3. The van der Waals surface area contributed by atoms with Gasteiger partial charge in [-0.15, -0.1) is 0 Å². The minimum atomic E-state index is -0.669. The van der Waals surface area contributed by atoms with Crippen LogP contribution in [0, 0.1) is 5.82 Å². The van der Waals surface area contributed by atoms with Crippen LogP contribution in [0.5, 0.6) is 17.2 Å². The van der Waals surface area contributed by atoms with Gasteiger partial charge in [0.2, 0.25) is 0 Å². The lowest BCUT2D eigenvalue weighted by molar-refractivity contribution is -0.0335. The number of nitrogens with two attached hydrogens (primary N) is 1. The third-order valence-corrected chi connectivity index (χ3v) is 6.80. The normalized spacial score (nSPS) is 18.8. The molecule has 0 spiro atoms. The van der Waals surface area contributed by atoms with Crippen LogP contribution in [0.15, 0.2) is 85.2 Å². The van der Waals surface area contributed by atoms with Crippen LogP contribution < -0.4 is 15.2 Å². The van der Waals surface area contributed by atoms with E-state index in [1.54, 1.807) is 24.4 Å². The highest BCUT2D eigenvalue weighted by Crippen LogP contribution is 2.45. The van der Waals surface area contributed by atoms with E-state index in [2.05, 4.69) is 4.98 Å². The van der Waals surface area contributed by atoms with E-state index in [1.807, 2.05) is 60.0 Å². The molecule has 7 nitrogen and oxygen atoms in total. The number of halogens is 1. The lowest BCUT2D eigenvalue weighted by Crippen LogP contribution is -2.40. The number of nitrogens with zero attached hydrogens (tertiary/aromatic N) is 3. The molecule has 1 aliphatic rings. The summed E-state index contributed by atoms with van der Waals surface area (Å²) in [7, 11) is 0. The number of ether oxygens (including phenoxy) is 2. The minimum Gasteiger partial charge on any atom is -0.489 e. The quantitative estimate of drug-likeness (QED) is 0.274. The summed E-state index contributed by atoms with van der Waals surface area (Å²) in [6.45, 7) is 2.17. The van der Waals surface area contributed by atoms with Crippen molar-refractivity contribution in [1.29, 1.82) is 0 Å². The Hall–Kier alpha value is -4.43. The van der Waals surface area contributed by atoms with Gasteiger partial charge in [0.15, 0.2) is 0 Å². The minimum absolute atomic E-state index is 0.141. The Morgan fingerprint density at radius 1 is 1.03 bits per heavy atom. The second kappa shape index (κ2) is 9.46. The second-order valence-corrected chi connectivity index (χ2v) is 9.98. The first-order valence-corrected chi connectivity index (χ1v) is 12.5. The Morgan fingerprint density at radius 2 is 1.76 bits per heavy atom. The fourth-order valence-electron chi connectivity index (χ4n) is 5.00. The van der Waals surface area contributed by atoms with Gasteiger partial charge in [-0.25, -0.2) is 14.4 Å². The number of aromatic nitrogens is 3. The molecule has 0 unspecified atom stereocenters. The Balaban J connectivity index is 1.23. The number of fused-ring (bicyclic) bond motifs is 1. The number of imidazole rings is 1. The number of anilines is 1. The molecule has 0 bridgehead atoms. The Morgan fingerprint density at radius 3 is 2.50 bits per heavy atom. The van der Waals surface area contributed by atoms with Gasteiger partial charge in [0.1, 0.15) is 52.5 Å². The average molecular weight is 511 g/mol. The van der Waals surface area contributed by atoms with Crippen molar-refractivity contribution in [1.82, 2.24) is 14.4 Å². The molecule has 2 heterocycles. The van der Waals surface area contributed by atoms with Crippen molar-refractivity contribution >= 4 is 11.3 Å². The lowest BCUT2D eigenvalue weighted by atomic mass is 9.72. The average Bonchev–Trinajstić information content (AvgIpc) is 3.27. The summed E-state index contributed by atoms with van der Waals surface area (Å²) in [6.07, 6.45) is 4.79. The summed E-state index contributed by atoms with van der Waals surface area (Å²) in [5.74, 6) is 2.20. The van der Waals surface area contributed by atoms with Gasteiger partial charge < -0.3 is 20.3 Å². The van der Waals surface area contributed by atoms with Crippen molar-refractivity contribution < 1.29 is 19.0 Å². The number of rotatable bonds is 7. The highest BCUT2D eigenvalue weighted by atomic mass is 19.1. The van der Waals surface area contributed by atoms with Crippen molar-refractivity contribution in [3.05, 3.63) is 102 Å². The summed E-state index contributed by atoms with van der Waals surface area (Å²) in [5.41, 5.74) is 8.86. The highest BCUT2D eigenvalue weighted by molar-refractivity contribution is 5.85. The van der Waals surface area contributed by atoms with Crippen molar-refractivity contribution in [3.63, 3.8) is 0 Å². The molecular formula is C30H27FN4O3. The molecule has 38 heavy (non-hydrogen) atoms. The summed E-state index contributed by atoms with van der Waals surface area (Å²) in [5, 5.41) is 10.2. The van der Waals surface area contributed by atoms with Gasteiger partial charge in [0.05, 0.1) is 5.60 Å². The third kappa shape index (κ3) is 4.78. The second-order valence-electron chi connectivity index (χ2n) is 9.98. The zero-order valence-electron chi connectivity index (χ0n) is 20.8. The Kier molecular flexibility index (Phi) is 5.96. The van der Waals surface area contributed by atoms with E-state index in [0.717, 1.165) is 22.5 Å².